The molecular formula is C29H26ClNO7. The molecule has 0 amide bonds. The summed E-state index contributed by atoms with van der Waals surface area (Å²) in [6.07, 6.45) is -1.62. The number of carbonyl (C=O) groups excluding carboxylic acids is 2. The third-order valence-corrected chi connectivity index (χ3v) is 6.54. The zero-order valence-electron chi connectivity index (χ0n) is 21.1. The van der Waals surface area contributed by atoms with Crippen molar-refractivity contribution in [3.63, 3.8) is 0 Å². The summed E-state index contributed by atoms with van der Waals surface area (Å²) < 4.78 is 17.4. The van der Waals surface area contributed by atoms with Gasteiger partial charge in [0.1, 0.15) is 11.5 Å². The van der Waals surface area contributed by atoms with Gasteiger partial charge >= 0.3 is 11.9 Å². The molecule has 1 aromatic heterocycles. The van der Waals surface area contributed by atoms with E-state index in [9.17, 15) is 19.5 Å². The Morgan fingerprint density at radius 2 is 1.55 bits per heavy atom. The van der Waals surface area contributed by atoms with Crippen molar-refractivity contribution in [1.29, 1.82) is 0 Å². The number of benzene rings is 3. The van der Waals surface area contributed by atoms with Crippen LogP contribution in [0.3, 0.4) is 0 Å². The van der Waals surface area contributed by atoms with Crippen LogP contribution >= 0.6 is 11.6 Å². The lowest BCUT2D eigenvalue weighted by molar-refractivity contribution is -0.163. The molecule has 0 radical (unpaired) electrons. The van der Waals surface area contributed by atoms with Gasteiger partial charge in [0.25, 0.3) is 5.91 Å². The van der Waals surface area contributed by atoms with Crippen LogP contribution in [-0.2, 0) is 27.2 Å². The first-order chi connectivity index (χ1) is 18.2. The maximum atomic E-state index is 13.4. The average molecular weight is 536 g/mol. The third kappa shape index (κ3) is 5.65. The maximum Gasteiger partial charge on any atom is 0.345 e. The molecular weight excluding hydrogens is 510 g/mol. The molecule has 0 aliphatic rings. The summed E-state index contributed by atoms with van der Waals surface area (Å²) in [6.45, 7) is 1.73. The number of hydrogen-bond acceptors (Lipinski definition) is 6. The van der Waals surface area contributed by atoms with Crippen molar-refractivity contribution in [3.05, 3.63) is 94.1 Å². The first-order valence-electron chi connectivity index (χ1n) is 11.7. The molecule has 0 spiro atoms. The molecule has 1 N–H and O–H groups in total. The van der Waals surface area contributed by atoms with E-state index in [0.717, 1.165) is 0 Å². The number of carboxylic acids is 1. The molecule has 4 rings (SSSR count). The molecule has 9 heteroatoms. The molecule has 38 heavy (non-hydrogen) atoms. The molecule has 1 heterocycles. The number of halogens is 1. The van der Waals surface area contributed by atoms with E-state index in [2.05, 4.69) is 0 Å². The number of esters is 1. The number of ether oxygens (including phenoxy) is 3. The van der Waals surface area contributed by atoms with Crippen LogP contribution in [0.5, 0.6) is 11.5 Å². The highest BCUT2D eigenvalue weighted by molar-refractivity contribution is 6.30. The molecule has 0 saturated heterocycles. The normalized spacial score (nSPS) is 11.7. The average Bonchev–Trinajstić information content (AvgIpc) is 3.18. The van der Waals surface area contributed by atoms with Crippen LogP contribution < -0.4 is 9.47 Å². The van der Waals surface area contributed by atoms with Crippen LogP contribution in [0.1, 0.15) is 27.2 Å². The van der Waals surface area contributed by atoms with Gasteiger partial charge in [0, 0.05) is 28.1 Å². The van der Waals surface area contributed by atoms with E-state index < -0.39 is 18.0 Å². The van der Waals surface area contributed by atoms with Crippen LogP contribution in [-0.4, -0.2) is 47.8 Å². The number of nitrogens with zero attached hydrogens (tertiary/aromatic N) is 1. The second kappa shape index (κ2) is 11.4. The number of aromatic nitrogens is 1. The number of carbonyl (C=O) groups is 3. The molecule has 3 aromatic carbocycles. The predicted octanol–water partition coefficient (Wildman–Crippen LogP) is 5.09. The molecule has 0 bridgehead atoms. The Labute approximate surface area is 224 Å². The van der Waals surface area contributed by atoms with E-state index in [1.165, 1.54) is 18.8 Å². The third-order valence-electron chi connectivity index (χ3n) is 6.29. The quantitative estimate of drug-likeness (QED) is 0.298. The summed E-state index contributed by atoms with van der Waals surface area (Å²) in [5.41, 5.74) is 2.76. The van der Waals surface area contributed by atoms with Crippen molar-refractivity contribution in [1.82, 2.24) is 4.57 Å². The van der Waals surface area contributed by atoms with Gasteiger partial charge in [-0.25, -0.2) is 4.79 Å². The highest BCUT2D eigenvalue weighted by atomic mass is 35.5. The predicted molar refractivity (Wildman–Crippen MR) is 142 cm³/mol. The summed E-state index contributed by atoms with van der Waals surface area (Å²) in [5.74, 6) is -1.10. The molecule has 0 fully saturated rings. The van der Waals surface area contributed by atoms with Gasteiger partial charge in [-0.1, -0.05) is 23.7 Å². The molecule has 0 aliphatic heterocycles. The minimum atomic E-state index is -1.38. The summed E-state index contributed by atoms with van der Waals surface area (Å²) in [7, 11) is 3.06. The second-order valence-electron chi connectivity index (χ2n) is 8.64. The molecule has 1 atom stereocenters. The number of carboxylic acid groups (broad SMARTS) is 1. The monoisotopic (exact) mass is 535 g/mol. The lowest BCUT2D eigenvalue weighted by Crippen LogP contribution is -2.30. The second-order valence-corrected chi connectivity index (χ2v) is 9.08. The fourth-order valence-electron chi connectivity index (χ4n) is 4.30. The van der Waals surface area contributed by atoms with E-state index in [1.807, 2.05) is 0 Å². The lowest BCUT2D eigenvalue weighted by Gasteiger charge is -2.14. The summed E-state index contributed by atoms with van der Waals surface area (Å²) in [5, 5.41) is 10.8. The first kappa shape index (κ1) is 26.8. The highest BCUT2D eigenvalue weighted by Gasteiger charge is 2.26. The standard InChI is InChI=1S/C29H26ClNO7/c1-17-23(16-27(32)38-26(29(34)35)14-18-4-10-21(36-2)11-5-18)24-15-22(37-3)12-13-25(24)31(17)28(33)19-6-8-20(30)9-7-19/h4-13,15,26H,14,16H2,1-3H3,(H,34,35). The highest BCUT2D eigenvalue weighted by Crippen LogP contribution is 2.31. The number of fused-ring (bicyclic) bond motifs is 1. The van der Waals surface area contributed by atoms with Crippen molar-refractivity contribution < 1.29 is 33.7 Å². The SMILES string of the molecule is COc1ccc(CC(OC(=O)Cc2c(C)n(C(=O)c3ccc(Cl)cc3)c3ccc(OC)cc23)C(=O)O)cc1. The topological polar surface area (TPSA) is 104 Å². The lowest BCUT2D eigenvalue weighted by atomic mass is 10.1. The Kier molecular flexibility index (Phi) is 8.02. The van der Waals surface area contributed by atoms with Crippen molar-refractivity contribution in [2.45, 2.75) is 25.9 Å². The molecule has 0 aliphatic carbocycles. The largest absolute Gasteiger partial charge is 0.497 e. The van der Waals surface area contributed by atoms with Crippen LogP contribution in [0, 0.1) is 6.92 Å². The fraction of sp³-hybridized carbons (Fsp3) is 0.207. The number of methoxy groups -OCH3 is 2. The van der Waals surface area contributed by atoms with Gasteiger partial charge in [-0.3, -0.25) is 14.2 Å². The first-order valence-corrected chi connectivity index (χ1v) is 12.1. The molecule has 1 unspecified atom stereocenters. The maximum absolute atomic E-state index is 13.4. The molecule has 196 valence electrons. The molecule has 0 saturated carbocycles. The van der Waals surface area contributed by atoms with E-state index in [4.69, 9.17) is 25.8 Å². The zero-order valence-corrected chi connectivity index (χ0v) is 21.8. The number of hydrogen-bond donors (Lipinski definition) is 1. The van der Waals surface area contributed by atoms with E-state index in [1.54, 1.807) is 73.7 Å². The van der Waals surface area contributed by atoms with Crippen molar-refractivity contribution in [2.75, 3.05) is 14.2 Å². The van der Waals surface area contributed by atoms with E-state index >= 15 is 0 Å². The van der Waals surface area contributed by atoms with Gasteiger partial charge in [0.2, 0.25) is 6.10 Å². The van der Waals surface area contributed by atoms with Crippen LogP contribution in [0.15, 0.2) is 66.7 Å². The van der Waals surface area contributed by atoms with Gasteiger partial charge in [-0.2, -0.15) is 0 Å². The summed E-state index contributed by atoms with van der Waals surface area (Å²) in [4.78, 5) is 38.3. The fourth-order valence-corrected chi connectivity index (χ4v) is 4.42. The van der Waals surface area contributed by atoms with E-state index in [-0.39, 0.29) is 18.7 Å². The molecule has 8 nitrogen and oxygen atoms in total. The van der Waals surface area contributed by atoms with Gasteiger partial charge in [0.15, 0.2) is 0 Å². The van der Waals surface area contributed by atoms with Crippen LogP contribution in [0.25, 0.3) is 10.9 Å². The summed E-state index contributed by atoms with van der Waals surface area (Å²) in [6, 6.07) is 18.6. The van der Waals surface area contributed by atoms with Gasteiger partial charge < -0.3 is 19.3 Å². The Morgan fingerprint density at radius 3 is 2.16 bits per heavy atom. The minimum Gasteiger partial charge on any atom is -0.497 e. The molecule has 4 aromatic rings. The van der Waals surface area contributed by atoms with Gasteiger partial charge in [-0.05, 0) is 72.6 Å². The van der Waals surface area contributed by atoms with Gasteiger partial charge in [-0.15, -0.1) is 0 Å². The van der Waals surface area contributed by atoms with Crippen molar-refractivity contribution in [2.24, 2.45) is 0 Å². The summed E-state index contributed by atoms with van der Waals surface area (Å²) >= 11 is 5.98. The Balaban J connectivity index is 1.64. The minimum absolute atomic E-state index is 0.00527. The van der Waals surface area contributed by atoms with Crippen LogP contribution in [0.4, 0.5) is 0 Å². The Bertz CT molecular complexity index is 1490. The Morgan fingerprint density at radius 1 is 0.921 bits per heavy atom. The van der Waals surface area contributed by atoms with Crippen molar-refractivity contribution >= 4 is 40.3 Å². The van der Waals surface area contributed by atoms with E-state index in [0.29, 0.717) is 49.8 Å². The Hall–Kier alpha value is -4.30. The van der Waals surface area contributed by atoms with Gasteiger partial charge in [0.05, 0.1) is 26.2 Å². The zero-order chi connectivity index (χ0) is 27.4. The smallest absolute Gasteiger partial charge is 0.345 e. The van der Waals surface area contributed by atoms with Crippen LogP contribution in [0.2, 0.25) is 5.02 Å². The number of aliphatic carboxylic acids is 1. The van der Waals surface area contributed by atoms with Crippen molar-refractivity contribution in [3.8, 4) is 11.5 Å². The number of rotatable bonds is 9.